The third kappa shape index (κ3) is 2.58. The molecule has 0 radical (unpaired) electrons. The molecule has 3 rings (SSSR count). The zero-order chi connectivity index (χ0) is 13.9. The summed E-state index contributed by atoms with van der Waals surface area (Å²) in [6, 6.07) is 10.4. The number of nitrogens with two attached hydrogens (primary N) is 2. The van der Waals surface area contributed by atoms with E-state index >= 15 is 0 Å². The molecular formula is C15H19N5. The van der Waals surface area contributed by atoms with E-state index in [0.717, 1.165) is 42.9 Å². The zero-order valence-corrected chi connectivity index (χ0v) is 11.4. The Morgan fingerprint density at radius 1 is 1.10 bits per heavy atom. The second-order valence-electron chi connectivity index (χ2n) is 5.15. The van der Waals surface area contributed by atoms with Crippen LogP contribution in [0.25, 0.3) is 11.3 Å². The van der Waals surface area contributed by atoms with Gasteiger partial charge >= 0.3 is 0 Å². The summed E-state index contributed by atoms with van der Waals surface area (Å²) in [5, 5.41) is 0. The summed E-state index contributed by atoms with van der Waals surface area (Å²) in [5.41, 5.74) is 14.7. The minimum absolute atomic E-state index is 0.307. The standard InChI is InChI=1S/C15H19N5/c16-12-6-8-20(9-7-12)13-10-18-15(17)19-14(13)11-4-2-1-3-5-11/h1-5,10,12H,6-9,16H2,(H2,17,18,19). The first-order valence-electron chi connectivity index (χ1n) is 6.92. The predicted octanol–water partition coefficient (Wildman–Crippen LogP) is 1.65. The first-order valence-corrected chi connectivity index (χ1v) is 6.92. The van der Waals surface area contributed by atoms with Crippen molar-refractivity contribution in [3.8, 4) is 11.3 Å². The molecule has 20 heavy (non-hydrogen) atoms. The molecule has 0 bridgehead atoms. The molecule has 2 aromatic rings. The molecule has 1 aromatic carbocycles. The molecular weight excluding hydrogens is 250 g/mol. The average Bonchev–Trinajstić information content (AvgIpc) is 2.49. The van der Waals surface area contributed by atoms with Crippen molar-refractivity contribution in [3.05, 3.63) is 36.5 Å². The summed E-state index contributed by atoms with van der Waals surface area (Å²) in [6.07, 6.45) is 3.82. The summed E-state index contributed by atoms with van der Waals surface area (Å²) in [7, 11) is 0. The van der Waals surface area contributed by atoms with Gasteiger partial charge in [0.1, 0.15) is 0 Å². The molecule has 1 aromatic heterocycles. The monoisotopic (exact) mass is 269 g/mol. The Balaban J connectivity index is 1.99. The van der Waals surface area contributed by atoms with E-state index in [9.17, 15) is 0 Å². The van der Waals surface area contributed by atoms with Crippen LogP contribution in [0.1, 0.15) is 12.8 Å². The highest BCUT2D eigenvalue weighted by molar-refractivity contribution is 5.75. The van der Waals surface area contributed by atoms with E-state index in [1.165, 1.54) is 0 Å². The van der Waals surface area contributed by atoms with Gasteiger partial charge in [0.05, 0.1) is 17.6 Å². The van der Waals surface area contributed by atoms with Crippen LogP contribution in [0.15, 0.2) is 36.5 Å². The molecule has 5 heteroatoms. The second kappa shape index (κ2) is 5.46. The Bertz CT molecular complexity index is 576. The molecule has 1 aliphatic rings. The lowest BCUT2D eigenvalue weighted by Crippen LogP contribution is -2.40. The maximum atomic E-state index is 5.97. The van der Waals surface area contributed by atoms with Crippen molar-refractivity contribution in [1.29, 1.82) is 0 Å². The van der Waals surface area contributed by atoms with Gasteiger partial charge in [-0.3, -0.25) is 0 Å². The maximum Gasteiger partial charge on any atom is 0.220 e. The van der Waals surface area contributed by atoms with Crippen molar-refractivity contribution in [1.82, 2.24) is 9.97 Å². The number of benzene rings is 1. The normalized spacial score (nSPS) is 16.4. The molecule has 1 aliphatic heterocycles. The van der Waals surface area contributed by atoms with E-state index in [0.29, 0.717) is 12.0 Å². The summed E-state index contributed by atoms with van der Waals surface area (Å²) >= 11 is 0. The fraction of sp³-hybridized carbons (Fsp3) is 0.333. The van der Waals surface area contributed by atoms with E-state index in [1.807, 2.05) is 36.5 Å². The molecule has 0 amide bonds. The van der Waals surface area contributed by atoms with E-state index < -0.39 is 0 Å². The molecule has 0 saturated carbocycles. The van der Waals surface area contributed by atoms with E-state index in [-0.39, 0.29) is 0 Å². The molecule has 2 heterocycles. The van der Waals surface area contributed by atoms with Gasteiger partial charge in [-0.15, -0.1) is 0 Å². The molecule has 5 nitrogen and oxygen atoms in total. The Morgan fingerprint density at radius 3 is 2.50 bits per heavy atom. The lowest BCUT2D eigenvalue weighted by Gasteiger charge is -2.32. The van der Waals surface area contributed by atoms with Gasteiger partial charge < -0.3 is 16.4 Å². The van der Waals surface area contributed by atoms with Crippen LogP contribution in [0.4, 0.5) is 11.6 Å². The van der Waals surface area contributed by atoms with Crippen molar-refractivity contribution in [3.63, 3.8) is 0 Å². The highest BCUT2D eigenvalue weighted by atomic mass is 15.2. The summed E-state index contributed by atoms with van der Waals surface area (Å²) in [5.74, 6) is 0.307. The smallest absolute Gasteiger partial charge is 0.220 e. The predicted molar refractivity (Wildman–Crippen MR) is 81.3 cm³/mol. The van der Waals surface area contributed by atoms with Crippen LogP contribution in [0.2, 0.25) is 0 Å². The Hall–Kier alpha value is -2.14. The lowest BCUT2D eigenvalue weighted by molar-refractivity contribution is 0.501. The number of hydrogen-bond acceptors (Lipinski definition) is 5. The van der Waals surface area contributed by atoms with E-state index in [4.69, 9.17) is 11.5 Å². The van der Waals surface area contributed by atoms with Crippen LogP contribution in [-0.4, -0.2) is 29.1 Å². The fourth-order valence-electron chi connectivity index (χ4n) is 2.57. The van der Waals surface area contributed by atoms with Crippen molar-refractivity contribution < 1.29 is 0 Å². The molecule has 0 aliphatic carbocycles. The molecule has 0 unspecified atom stereocenters. The minimum Gasteiger partial charge on any atom is -0.368 e. The number of nitrogen functional groups attached to an aromatic ring is 1. The van der Waals surface area contributed by atoms with Crippen molar-refractivity contribution >= 4 is 11.6 Å². The van der Waals surface area contributed by atoms with Gasteiger partial charge in [0, 0.05) is 24.7 Å². The number of aromatic nitrogens is 2. The quantitative estimate of drug-likeness (QED) is 0.866. The molecule has 0 spiro atoms. The molecule has 1 fully saturated rings. The summed E-state index contributed by atoms with van der Waals surface area (Å²) in [6.45, 7) is 1.88. The number of rotatable bonds is 2. The summed E-state index contributed by atoms with van der Waals surface area (Å²) in [4.78, 5) is 10.9. The third-order valence-corrected chi connectivity index (χ3v) is 3.72. The minimum atomic E-state index is 0.307. The van der Waals surface area contributed by atoms with Crippen LogP contribution in [0.5, 0.6) is 0 Å². The van der Waals surface area contributed by atoms with Gasteiger partial charge in [0.15, 0.2) is 0 Å². The number of hydrogen-bond donors (Lipinski definition) is 2. The third-order valence-electron chi connectivity index (χ3n) is 3.72. The SMILES string of the molecule is Nc1ncc(N2CCC(N)CC2)c(-c2ccccc2)n1. The Kier molecular flexibility index (Phi) is 3.52. The fourth-order valence-corrected chi connectivity index (χ4v) is 2.57. The van der Waals surface area contributed by atoms with Crippen LogP contribution in [-0.2, 0) is 0 Å². The molecule has 104 valence electrons. The Labute approximate surface area is 118 Å². The largest absolute Gasteiger partial charge is 0.368 e. The average molecular weight is 269 g/mol. The second-order valence-corrected chi connectivity index (χ2v) is 5.15. The van der Waals surface area contributed by atoms with Gasteiger partial charge in [-0.1, -0.05) is 30.3 Å². The maximum absolute atomic E-state index is 5.97. The van der Waals surface area contributed by atoms with Crippen LogP contribution in [0.3, 0.4) is 0 Å². The van der Waals surface area contributed by atoms with Gasteiger partial charge in [-0.2, -0.15) is 0 Å². The first-order chi connectivity index (χ1) is 9.74. The number of nitrogens with zero attached hydrogens (tertiary/aromatic N) is 3. The van der Waals surface area contributed by atoms with Crippen LogP contribution < -0.4 is 16.4 Å². The molecule has 4 N–H and O–H groups in total. The number of piperidine rings is 1. The van der Waals surface area contributed by atoms with Gasteiger partial charge in [0.2, 0.25) is 5.95 Å². The van der Waals surface area contributed by atoms with Crippen LogP contribution >= 0.6 is 0 Å². The molecule has 0 atom stereocenters. The Morgan fingerprint density at radius 2 is 1.80 bits per heavy atom. The first kappa shape index (κ1) is 12.9. The molecule has 1 saturated heterocycles. The highest BCUT2D eigenvalue weighted by Gasteiger charge is 2.20. The van der Waals surface area contributed by atoms with Gasteiger partial charge in [-0.05, 0) is 12.8 Å². The van der Waals surface area contributed by atoms with Crippen molar-refractivity contribution in [2.75, 3.05) is 23.7 Å². The lowest BCUT2D eigenvalue weighted by atomic mass is 10.0. The van der Waals surface area contributed by atoms with Crippen molar-refractivity contribution in [2.45, 2.75) is 18.9 Å². The summed E-state index contributed by atoms with van der Waals surface area (Å²) < 4.78 is 0. The topological polar surface area (TPSA) is 81.1 Å². The van der Waals surface area contributed by atoms with Crippen molar-refractivity contribution in [2.24, 2.45) is 5.73 Å². The van der Waals surface area contributed by atoms with Gasteiger partial charge in [0.25, 0.3) is 0 Å². The van der Waals surface area contributed by atoms with E-state index in [1.54, 1.807) is 0 Å². The highest BCUT2D eigenvalue weighted by Crippen LogP contribution is 2.30. The van der Waals surface area contributed by atoms with Gasteiger partial charge in [-0.25, -0.2) is 9.97 Å². The number of anilines is 2. The van der Waals surface area contributed by atoms with E-state index in [2.05, 4.69) is 14.9 Å². The zero-order valence-electron chi connectivity index (χ0n) is 11.4. The van der Waals surface area contributed by atoms with Crippen LogP contribution in [0, 0.1) is 0 Å².